The number of nitrogens with zero attached hydrogens (tertiary/aromatic N) is 1. The molecule has 0 aromatic heterocycles. The quantitative estimate of drug-likeness (QED) is 0.640. The fourth-order valence-corrected chi connectivity index (χ4v) is 2.99. The van der Waals surface area contributed by atoms with Gasteiger partial charge in [-0.15, -0.1) is 0 Å². The van der Waals surface area contributed by atoms with E-state index >= 15 is 0 Å². The van der Waals surface area contributed by atoms with Gasteiger partial charge in [0.25, 0.3) is 0 Å². The van der Waals surface area contributed by atoms with Crippen LogP contribution in [-0.2, 0) is 5.41 Å². The van der Waals surface area contributed by atoms with Crippen LogP contribution in [0.15, 0.2) is 65.8 Å². The summed E-state index contributed by atoms with van der Waals surface area (Å²) in [5, 5.41) is 0. The Morgan fingerprint density at radius 2 is 1.35 bits per heavy atom. The number of rotatable bonds is 0. The molecule has 1 heterocycles. The molecule has 0 fully saturated rings. The number of fused-ring (bicyclic) bond motifs is 5. The minimum absolute atomic E-state index is 0.118. The van der Waals surface area contributed by atoms with E-state index in [-0.39, 0.29) is 5.41 Å². The first-order chi connectivity index (χ1) is 8.42. The molecule has 17 heavy (non-hydrogen) atoms. The molecule has 80 valence electrons. The van der Waals surface area contributed by atoms with Crippen LogP contribution in [0.2, 0.25) is 0 Å². The Labute approximate surface area is 100 Å². The molecule has 1 spiro atoms. The minimum Gasteiger partial charge on any atom is -0.268 e. The van der Waals surface area contributed by atoms with Gasteiger partial charge in [-0.25, -0.2) is 0 Å². The molecule has 0 saturated carbocycles. The second kappa shape index (κ2) is 2.95. The summed E-state index contributed by atoms with van der Waals surface area (Å²) < 4.78 is 0. The molecule has 0 radical (unpaired) electrons. The van der Waals surface area contributed by atoms with E-state index in [1.54, 1.807) is 0 Å². The van der Waals surface area contributed by atoms with Gasteiger partial charge in [-0.05, 0) is 28.3 Å². The van der Waals surface area contributed by atoms with E-state index in [2.05, 4.69) is 65.8 Å². The van der Waals surface area contributed by atoms with Crippen LogP contribution in [-0.4, -0.2) is 6.21 Å². The highest BCUT2D eigenvalue weighted by Gasteiger charge is 2.40. The van der Waals surface area contributed by atoms with E-state index in [1.807, 2.05) is 6.20 Å². The van der Waals surface area contributed by atoms with Crippen molar-refractivity contribution in [1.29, 1.82) is 0 Å². The predicted octanol–water partition coefficient (Wildman–Crippen LogP) is 3.55. The molecule has 1 nitrogen and oxygen atoms in total. The van der Waals surface area contributed by atoms with Crippen LogP contribution in [0.25, 0.3) is 11.1 Å². The molecule has 4 rings (SSSR count). The number of hydrogen-bond donors (Lipinski definition) is 0. The second-order valence-corrected chi connectivity index (χ2v) is 4.55. The van der Waals surface area contributed by atoms with E-state index in [4.69, 9.17) is 0 Å². The number of allylic oxidation sites excluding steroid dienone is 1. The highest BCUT2D eigenvalue weighted by atomic mass is 14.7. The van der Waals surface area contributed by atoms with Crippen LogP contribution in [0.5, 0.6) is 0 Å². The average Bonchev–Trinajstić information content (AvgIpc) is 2.98. The van der Waals surface area contributed by atoms with Gasteiger partial charge >= 0.3 is 0 Å². The molecule has 0 amide bonds. The summed E-state index contributed by atoms with van der Waals surface area (Å²) in [6, 6.07) is 17.2. The lowest BCUT2D eigenvalue weighted by Gasteiger charge is -2.20. The summed E-state index contributed by atoms with van der Waals surface area (Å²) in [7, 11) is 0. The van der Waals surface area contributed by atoms with Gasteiger partial charge in [0.05, 0.1) is 5.41 Å². The lowest BCUT2D eigenvalue weighted by Crippen LogP contribution is -2.21. The van der Waals surface area contributed by atoms with Crippen molar-refractivity contribution >= 4 is 6.21 Å². The number of aliphatic imine (C=N–C) groups is 1. The van der Waals surface area contributed by atoms with Crippen molar-refractivity contribution in [2.24, 2.45) is 4.99 Å². The Morgan fingerprint density at radius 3 is 1.88 bits per heavy atom. The minimum atomic E-state index is -0.118. The Hall–Kier alpha value is -2.15. The largest absolute Gasteiger partial charge is 0.268 e. The Balaban J connectivity index is 2.17. The maximum atomic E-state index is 4.31. The fraction of sp³-hybridized carbons (Fsp3) is 0.0625. The lowest BCUT2D eigenvalue weighted by molar-refractivity contribution is 0.939. The number of benzene rings is 2. The molecule has 0 atom stereocenters. The monoisotopic (exact) mass is 217 g/mol. The van der Waals surface area contributed by atoms with Gasteiger partial charge in [0, 0.05) is 12.4 Å². The fourth-order valence-electron chi connectivity index (χ4n) is 2.99. The van der Waals surface area contributed by atoms with E-state index in [0.717, 1.165) is 0 Å². The van der Waals surface area contributed by atoms with Gasteiger partial charge < -0.3 is 0 Å². The third-order valence-corrected chi connectivity index (χ3v) is 3.74. The first-order valence-electron chi connectivity index (χ1n) is 5.83. The molecule has 1 aliphatic carbocycles. The molecule has 0 unspecified atom stereocenters. The average molecular weight is 217 g/mol. The molecule has 2 aliphatic rings. The topological polar surface area (TPSA) is 12.4 Å². The van der Waals surface area contributed by atoms with E-state index < -0.39 is 0 Å². The van der Waals surface area contributed by atoms with Gasteiger partial charge in [-0.1, -0.05) is 48.5 Å². The molecule has 0 N–H and O–H groups in total. The van der Waals surface area contributed by atoms with Crippen molar-refractivity contribution in [3.63, 3.8) is 0 Å². The smallest absolute Gasteiger partial charge is 0.0764 e. The molecule has 0 bridgehead atoms. The Kier molecular flexibility index (Phi) is 1.55. The summed E-state index contributed by atoms with van der Waals surface area (Å²) in [5.74, 6) is 0. The number of hydrogen-bond acceptors (Lipinski definition) is 1. The summed E-state index contributed by atoms with van der Waals surface area (Å²) in [4.78, 5) is 4.31. The van der Waals surface area contributed by atoms with Crippen molar-refractivity contribution in [2.45, 2.75) is 5.41 Å². The van der Waals surface area contributed by atoms with Crippen molar-refractivity contribution in [3.05, 3.63) is 71.9 Å². The van der Waals surface area contributed by atoms with Gasteiger partial charge in [-0.2, -0.15) is 0 Å². The second-order valence-electron chi connectivity index (χ2n) is 4.55. The van der Waals surface area contributed by atoms with Crippen LogP contribution < -0.4 is 0 Å². The maximum Gasteiger partial charge on any atom is 0.0764 e. The van der Waals surface area contributed by atoms with Crippen LogP contribution in [0, 0.1) is 0 Å². The van der Waals surface area contributed by atoms with Gasteiger partial charge in [-0.3, -0.25) is 4.99 Å². The van der Waals surface area contributed by atoms with E-state index in [9.17, 15) is 0 Å². The van der Waals surface area contributed by atoms with Crippen molar-refractivity contribution in [1.82, 2.24) is 0 Å². The Morgan fingerprint density at radius 1 is 0.765 bits per heavy atom. The molecule has 2 aromatic carbocycles. The third-order valence-electron chi connectivity index (χ3n) is 3.74. The summed E-state index contributed by atoms with van der Waals surface area (Å²) >= 11 is 0. The zero-order valence-corrected chi connectivity index (χ0v) is 9.30. The van der Waals surface area contributed by atoms with Gasteiger partial charge in [0.15, 0.2) is 0 Å². The molecule has 1 heteroatoms. The first-order valence-corrected chi connectivity index (χ1v) is 5.83. The lowest BCUT2D eigenvalue weighted by atomic mass is 9.80. The van der Waals surface area contributed by atoms with Gasteiger partial charge in [0.2, 0.25) is 0 Å². The van der Waals surface area contributed by atoms with Crippen molar-refractivity contribution in [3.8, 4) is 11.1 Å². The first kappa shape index (κ1) is 8.94. The molecule has 0 saturated heterocycles. The maximum absolute atomic E-state index is 4.31. The van der Waals surface area contributed by atoms with Crippen LogP contribution in [0.1, 0.15) is 11.1 Å². The highest BCUT2D eigenvalue weighted by Crippen LogP contribution is 2.49. The summed E-state index contributed by atoms with van der Waals surface area (Å²) in [6.07, 6.45) is 6.15. The zero-order valence-electron chi connectivity index (χ0n) is 9.30. The van der Waals surface area contributed by atoms with Crippen LogP contribution in [0.3, 0.4) is 0 Å². The summed E-state index contributed by atoms with van der Waals surface area (Å²) in [5.41, 5.74) is 5.24. The van der Waals surface area contributed by atoms with E-state index in [1.165, 1.54) is 22.3 Å². The normalized spacial score (nSPS) is 17.4. The standard InChI is InChI=1S/C16H11N/c1-3-7-14-12(5-1)13-6-2-4-8-15(13)16(14)9-10-17-11-16/h1-11H. The zero-order chi connectivity index (χ0) is 11.3. The molecule has 2 aromatic rings. The Bertz CT molecular complexity index is 605. The molecule has 1 aliphatic heterocycles. The third kappa shape index (κ3) is 0.967. The van der Waals surface area contributed by atoms with Crippen molar-refractivity contribution < 1.29 is 0 Å². The van der Waals surface area contributed by atoms with E-state index in [0.29, 0.717) is 0 Å². The summed E-state index contributed by atoms with van der Waals surface area (Å²) in [6.45, 7) is 0. The van der Waals surface area contributed by atoms with Gasteiger partial charge in [0.1, 0.15) is 0 Å². The van der Waals surface area contributed by atoms with Crippen LogP contribution in [0.4, 0.5) is 0 Å². The molecular weight excluding hydrogens is 206 g/mol. The predicted molar refractivity (Wildman–Crippen MR) is 70.3 cm³/mol. The van der Waals surface area contributed by atoms with Crippen LogP contribution >= 0.6 is 0 Å². The highest BCUT2D eigenvalue weighted by molar-refractivity contribution is 5.96. The molecular formula is C16H11N. The van der Waals surface area contributed by atoms with Crippen molar-refractivity contribution in [2.75, 3.05) is 0 Å². The SMILES string of the molecule is C1=CC2(C=N1)c1ccccc1-c1ccccc12.